The molecule has 0 saturated heterocycles. The van der Waals surface area contributed by atoms with Crippen LogP contribution in [0.3, 0.4) is 0 Å². The zero-order valence-corrected chi connectivity index (χ0v) is 11.7. The van der Waals surface area contributed by atoms with Crippen LogP contribution in [-0.4, -0.2) is 5.97 Å². The highest BCUT2D eigenvalue weighted by Gasteiger charge is 2.10. The van der Waals surface area contributed by atoms with Gasteiger partial charge in [-0.2, -0.15) is 0 Å². The van der Waals surface area contributed by atoms with Gasteiger partial charge in [0.2, 0.25) is 0 Å². The number of ether oxygens (including phenoxy) is 1. The highest BCUT2D eigenvalue weighted by atomic mass is 127. The summed E-state index contributed by atoms with van der Waals surface area (Å²) >= 11 is 2.19. The second-order valence-electron chi connectivity index (χ2n) is 3.82. The summed E-state index contributed by atoms with van der Waals surface area (Å²) in [7, 11) is 0. The first-order valence-corrected chi connectivity index (χ1v) is 6.68. The van der Waals surface area contributed by atoms with Crippen molar-refractivity contribution < 1.29 is 9.53 Å². The fourth-order valence-corrected chi connectivity index (χ4v) is 2.27. The lowest BCUT2D eigenvalue weighted by molar-refractivity contribution is -0.134. The molecular formula is C14H13IO2. The molecule has 2 nitrogen and oxygen atoms in total. The lowest BCUT2D eigenvalue weighted by Gasteiger charge is -2.09. The molecule has 17 heavy (non-hydrogen) atoms. The monoisotopic (exact) mass is 340 g/mol. The average Bonchev–Trinajstić information content (AvgIpc) is 2.33. The van der Waals surface area contributed by atoms with E-state index in [2.05, 4.69) is 22.6 Å². The molecule has 2 rings (SSSR count). The van der Waals surface area contributed by atoms with Gasteiger partial charge in [-0.05, 0) is 40.5 Å². The molecular weight excluding hydrogens is 327 g/mol. The third-order valence-corrected chi connectivity index (χ3v) is 3.35. The van der Waals surface area contributed by atoms with Crippen molar-refractivity contribution in [2.75, 3.05) is 0 Å². The second-order valence-corrected chi connectivity index (χ2v) is 4.98. The molecule has 0 amide bonds. The fraction of sp³-hybridized carbons (Fsp3) is 0.214. The van der Waals surface area contributed by atoms with E-state index in [0.29, 0.717) is 12.2 Å². The van der Waals surface area contributed by atoms with Crippen molar-refractivity contribution in [3.8, 4) is 5.75 Å². The Morgan fingerprint density at radius 3 is 2.76 bits per heavy atom. The van der Waals surface area contributed by atoms with E-state index in [9.17, 15) is 4.79 Å². The Balaban J connectivity index is 2.44. The van der Waals surface area contributed by atoms with Gasteiger partial charge in [0.15, 0.2) is 5.75 Å². The summed E-state index contributed by atoms with van der Waals surface area (Å²) in [6, 6.07) is 11.9. The van der Waals surface area contributed by atoms with Gasteiger partial charge in [-0.1, -0.05) is 37.3 Å². The molecule has 0 unspecified atom stereocenters. The number of carbonyl (C=O) groups excluding carboxylic acids is 1. The highest BCUT2D eigenvalue weighted by molar-refractivity contribution is 14.1. The van der Waals surface area contributed by atoms with Crippen molar-refractivity contribution >= 4 is 39.3 Å². The highest BCUT2D eigenvalue weighted by Crippen LogP contribution is 2.31. The number of carbonyl (C=O) groups is 1. The van der Waals surface area contributed by atoms with Gasteiger partial charge < -0.3 is 4.74 Å². The van der Waals surface area contributed by atoms with Crippen molar-refractivity contribution in [3.63, 3.8) is 0 Å². The normalized spacial score (nSPS) is 10.5. The molecule has 0 aliphatic heterocycles. The zero-order chi connectivity index (χ0) is 12.3. The Morgan fingerprint density at radius 2 is 2.00 bits per heavy atom. The molecule has 0 heterocycles. The quantitative estimate of drug-likeness (QED) is 0.477. The Labute approximate surface area is 114 Å². The van der Waals surface area contributed by atoms with E-state index in [1.54, 1.807) is 0 Å². The third kappa shape index (κ3) is 2.77. The number of halogens is 1. The molecule has 3 heteroatoms. The largest absolute Gasteiger partial charge is 0.425 e. The fourth-order valence-electron chi connectivity index (χ4n) is 1.69. The molecule has 0 bridgehead atoms. The second kappa shape index (κ2) is 5.49. The molecule has 2 aromatic rings. The van der Waals surface area contributed by atoms with Gasteiger partial charge in [-0.15, -0.1) is 0 Å². The smallest absolute Gasteiger partial charge is 0.311 e. The Kier molecular flexibility index (Phi) is 3.99. The number of fused-ring (bicyclic) bond motifs is 1. The third-order valence-electron chi connectivity index (χ3n) is 2.50. The first kappa shape index (κ1) is 12.4. The lowest BCUT2D eigenvalue weighted by Crippen LogP contribution is -2.08. The molecule has 0 N–H and O–H groups in total. The van der Waals surface area contributed by atoms with Crippen LogP contribution in [-0.2, 0) is 4.79 Å². The molecule has 0 radical (unpaired) electrons. The van der Waals surface area contributed by atoms with E-state index in [-0.39, 0.29) is 5.97 Å². The lowest BCUT2D eigenvalue weighted by atomic mass is 10.1. The van der Waals surface area contributed by atoms with E-state index in [1.807, 2.05) is 43.3 Å². The van der Waals surface area contributed by atoms with Gasteiger partial charge in [0, 0.05) is 11.8 Å². The molecule has 0 fully saturated rings. The van der Waals surface area contributed by atoms with Crippen LogP contribution in [0.2, 0.25) is 0 Å². The predicted molar refractivity (Wildman–Crippen MR) is 77.2 cm³/mol. The average molecular weight is 340 g/mol. The van der Waals surface area contributed by atoms with Gasteiger partial charge in [0.1, 0.15) is 0 Å². The minimum atomic E-state index is -0.165. The Morgan fingerprint density at radius 1 is 1.24 bits per heavy atom. The standard InChI is InChI=1S/C14H13IO2/c1-2-5-13(16)17-14-11-7-4-3-6-10(11)8-9-12(14)15/h3-4,6-9H,2,5H2,1H3. The van der Waals surface area contributed by atoms with Crippen LogP contribution in [0.15, 0.2) is 36.4 Å². The van der Waals surface area contributed by atoms with Crippen molar-refractivity contribution in [2.24, 2.45) is 0 Å². The maximum absolute atomic E-state index is 11.6. The maximum Gasteiger partial charge on any atom is 0.311 e. The van der Waals surface area contributed by atoms with Gasteiger partial charge in [0.05, 0.1) is 3.57 Å². The van der Waals surface area contributed by atoms with Gasteiger partial charge in [-0.25, -0.2) is 0 Å². The van der Waals surface area contributed by atoms with Crippen molar-refractivity contribution in [1.29, 1.82) is 0 Å². The molecule has 0 atom stereocenters. The van der Waals surface area contributed by atoms with Gasteiger partial charge >= 0.3 is 5.97 Å². The number of rotatable bonds is 3. The Bertz CT molecular complexity index is 549. The van der Waals surface area contributed by atoms with Crippen molar-refractivity contribution in [1.82, 2.24) is 0 Å². The maximum atomic E-state index is 11.6. The SMILES string of the molecule is CCCC(=O)Oc1c(I)ccc2ccccc12. The van der Waals surface area contributed by atoms with E-state index in [4.69, 9.17) is 4.74 Å². The predicted octanol–water partition coefficient (Wildman–Crippen LogP) is 4.15. The molecule has 0 aromatic heterocycles. The minimum absolute atomic E-state index is 0.165. The molecule has 88 valence electrons. The van der Waals surface area contributed by atoms with Crippen molar-refractivity contribution in [3.05, 3.63) is 40.0 Å². The van der Waals surface area contributed by atoms with E-state index in [0.717, 1.165) is 20.8 Å². The Hall–Kier alpha value is -1.10. The zero-order valence-electron chi connectivity index (χ0n) is 9.57. The molecule has 0 aliphatic rings. The van der Waals surface area contributed by atoms with E-state index in [1.165, 1.54) is 0 Å². The van der Waals surface area contributed by atoms with Crippen LogP contribution in [0.1, 0.15) is 19.8 Å². The van der Waals surface area contributed by atoms with Gasteiger partial charge in [0.25, 0.3) is 0 Å². The molecule has 2 aromatic carbocycles. The van der Waals surface area contributed by atoms with Gasteiger partial charge in [-0.3, -0.25) is 4.79 Å². The van der Waals surface area contributed by atoms with E-state index < -0.39 is 0 Å². The summed E-state index contributed by atoms with van der Waals surface area (Å²) in [4.78, 5) is 11.6. The molecule has 0 saturated carbocycles. The summed E-state index contributed by atoms with van der Waals surface area (Å²) in [5, 5.41) is 2.08. The summed E-state index contributed by atoms with van der Waals surface area (Å²) in [6.07, 6.45) is 1.26. The molecule has 0 aliphatic carbocycles. The number of esters is 1. The summed E-state index contributed by atoms with van der Waals surface area (Å²) in [5.74, 6) is 0.518. The first-order chi connectivity index (χ1) is 8.22. The number of benzene rings is 2. The van der Waals surface area contributed by atoms with Crippen molar-refractivity contribution in [2.45, 2.75) is 19.8 Å². The molecule has 0 spiro atoms. The van der Waals surface area contributed by atoms with E-state index >= 15 is 0 Å². The van der Waals surface area contributed by atoms with Crippen LogP contribution in [0, 0.1) is 3.57 Å². The number of hydrogen-bond acceptors (Lipinski definition) is 2. The summed E-state index contributed by atoms with van der Waals surface area (Å²) in [6.45, 7) is 1.97. The first-order valence-electron chi connectivity index (χ1n) is 5.60. The van der Waals surface area contributed by atoms with Crippen LogP contribution in [0.4, 0.5) is 0 Å². The van der Waals surface area contributed by atoms with Crippen LogP contribution >= 0.6 is 22.6 Å². The summed E-state index contributed by atoms with van der Waals surface area (Å²) in [5.41, 5.74) is 0. The number of hydrogen-bond donors (Lipinski definition) is 0. The topological polar surface area (TPSA) is 26.3 Å². The summed E-state index contributed by atoms with van der Waals surface area (Å²) < 4.78 is 6.42. The minimum Gasteiger partial charge on any atom is -0.425 e. The van der Waals surface area contributed by atoms with Crippen LogP contribution in [0.25, 0.3) is 10.8 Å². The van der Waals surface area contributed by atoms with Crippen LogP contribution < -0.4 is 4.74 Å². The van der Waals surface area contributed by atoms with Crippen LogP contribution in [0.5, 0.6) is 5.75 Å².